The SMILES string of the molecule is CN(C(=O)c1ccncc1)c1ccc(CNC(=O)C2(N)CCCC2)cc1. The summed E-state index contributed by atoms with van der Waals surface area (Å²) >= 11 is 0. The first kappa shape index (κ1) is 18.1. The fourth-order valence-corrected chi connectivity index (χ4v) is 3.23. The van der Waals surface area contributed by atoms with E-state index in [1.54, 1.807) is 36.5 Å². The summed E-state index contributed by atoms with van der Waals surface area (Å²) in [5.74, 6) is -0.177. The summed E-state index contributed by atoms with van der Waals surface area (Å²) in [5, 5.41) is 2.93. The monoisotopic (exact) mass is 352 g/mol. The van der Waals surface area contributed by atoms with Gasteiger partial charge in [0.1, 0.15) is 0 Å². The van der Waals surface area contributed by atoms with Crippen molar-refractivity contribution >= 4 is 17.5 Å². The zero-order valence-electron chi connectivity index (χ0n) is 14.9. The predicted octanol–water partition coefficient (Wildman–Crippen LogP) is 2.25. The zero-order chi connectivity index (χ0) is 18.6. The van der Waals surface area contributed by atoms with E-state index in [1.165, 1.54) is 0 Å². The quantitative estimate of drug-likeness (QED) is 0.864. The predicted molar refractivity (Wildman–Crippen MR) is 101 cm³/mol. The Morgan fingerprint density at radius 1 is 1.12 bits per heavy atom. The average molecular weight is 352 g/mol. The molecule has 6 nitrogen and oxygen atoms in total. The van der Waals surface area contributed by atoms with Gasteiger partial charge in [-0.3, -0.25) is 14.6 Å². The second kappa shape index (κ2) is 7.66. The first-order valence-electron chi connectivity index (χ1n) is 8.84. The maximum atomic E-state index is 12.5. The van der Waals surface area contributed by atoms with Gasteiger partial charge in [0.15, 0.2) is 0 Å². The molecular formula is C20H24N4O2. The van der Waals surface area contributed by atoms with Crippen molar-refractivity contribution in [3.8, 4) is 0 Å². The molecule has 0 spiro atoms. The summed E-state index contributed by atoms with van der Waals surface area (Å²) in [7, 11) is 1.73. The fraction of sp³-hybridized carbons (Fsp3) is 0.350. The average Bonchev–Trinajstić information content (AvgIpc) is 3.14. The van der Waals surface area contributed by atoms with Crippen LogP contribution in [0.4, 0.5) is 5.69 Å². The number of carbonyl (C=O) groups excluding carboxylic acids is 2. The van der Waals surface area contributed by atoms with Gasteiger partial charge in [0.05, 0.1) is 5.54 Å². The summed E-state index contributed by atoms with van der Waals surface area (Å²) in [5.41, 5.74) is 7.79. The van der Waals surface area contributed by atoms with Crippen LogP contribution in [0, 0.1) is 0 Å². The van der Waals surface area contributed by atoms with Gasteiger partial charge >= 0.3 is 0 Å². The van der Waals surface area contributed by atoms with E-state index in [0.29, 0.717) is 12.1 Å². The Labute approximate surface area is 153 Å². The number of hydrogen-bond donors (Lipinski definition) is 2. The summed E-state index contributed by atoms with van der Waals surface area (Å²) in [4.78, 5) is 30.2. The van der Waals surface area contributed by atoms with Crippen LogP contribution in [-0.2, 0) is 11.3 Å². The second-order valence-electron chi connectivity index (χ2n) is 6.81. The Balaban J connectivity index is 1.59. The molecule has 1 aliphatic rings. The van der Waals surface area contributed by atoms with Gasteiger partial charge in [-0.05, 0) is 42.7 Å². The van der Waals surface area contributed by atoms with Crippen molar-refractivity contribution in [2.45, 2.75) is 37.8 Å². The molecule has 1 heterocycles. The Morgan fingerprint density at radius 2 is 1.73 bits per heavy atom. The molecule has 2 amide bonds. The largest absolute Gasteiger partial charge is 0.350 e. The number of rotatable bonds is 5. The van der Waals surface area contributed by atoms with Gasteiger partial charge in [0, 0.05) is 37.2 Å². The van der Waals surface area contributed by atoms with Gasteiger partial charge in [-0.2, -0.15) is 0 Å². The van der Waals surface area contributed by atoms with E-state index in [9.17, 15) is 9.59 Å². The van der Waals surface area contributed by atoms with Gasteiger partial charge in [-0.1, -0.05) is 25.0 Å². The Kier molecular flexibility index (Phi) is 5.32. The lowest BCUT2D eigenvalue weighted by molar-refractivity contribution is -0.126. The molecule has 0 radical (unpaired) electrons. The molecule has 1 fully saturated rings. The van der Waals surface area contributed by atoms with Gasteiger partial charge in [0.2, 0.25) is 5.91 Å². The molecule has 6 heteroatoms. The van der Waals surface area contributed by atoms with Crippen molar-refractivity contribution in [2.75, 3.05) is 11.9 Å². The maximum Gasteiger partial charge on any atom is 0.258 e. The standard InChI is InChI=1S/C20H24N4O2/c1-24(18(25)16-8-12-22-13-9-16)17-6-4-15(5-7-17)14-23-19(26)20(21)10-2-3-11-20/h4-9,12-13H,2-3,10-11,14,21H2,1H3,(H,23,26). The van der Waals surface area contributed by atoms with Crippen molar-refractivity contribution in [1.82, 2.24) is 10.3 Å². The molecule has 3 N–H and O–H groups in total. The highest BCUT2D eigenvalue weighted by atomic mass is 16.2. The molecular weight excluding hydrogens is 328 g/mol. The van der Waals surface area contributed by atoms with Crippen LogP contribution in [0.25, 0.3) is 0 Å². The van der Waals surface area contributed by atoms with Gasteiger partial charge in [-0.15, -0.1) is 0 Å². The number of nitrogens with one attached hydrogen (secondary N) is 1. The minimum Gasteiger partial charge on any atom is -0.350 e. The number of nitrogens with two attached hydrogens (primary N) is 1. The Bertz CT molecular complexity index is 768. The van der Waals surface area contributed by atoms with Crippen LogP contribution in [0.1, 0.15) is 41.6 Å². The highest BCUT2D eigenvalue weighted by Crippen LogP contribution is 2.27. The van der Waals surface area contributed by atoms with E-state index in [-0.39, 0.29) is 11.8 Å². The molecule has 26 heavy (non-hydrogen) atoms. The van der Waals surface area contributed by atoms with Crippen molar-refractivity contribution in [1.29, 1.82) is 0 Å². The molecule has 2 aromatic rings. The minimum absolute atomic E-state index is 0.0796. The number of hydrogen-bond acceptors (Lipinski definition) is 4. The Hall–Kier alpha value is -2.73. The van der Waals surface area contributed by atoms with Crippen molar-refractivity contribution < 1.29 is 9.59 Å². The van der Waals surface area contributed by atoms with Crippen LogP contribution >= 0.6 is 0 Å². The number of anilines is 1. The van der Waals surface area contributed by atoms with Crippen LogP contribution in [0.5, 0.6) is 0 Å². The van der Waals surface area contributed by atoms with E-state index < -0.39 is 5.54 Å². The van der Waals surface area contributed by atoms with Gasteiger partial charge in [0.25, 0.3) is 5.91 Å². The third-order valence-electron chi connectivity index (χ3n) is 4.96. The molecule has 0 saturated heterocycles. The summed E-state index contributed by atoms with van der Waals surface area (Å²) in [6.07, 6.45) is 6.72. The minimum atomic E-state index is -0.711. The normalized spacial score (nSPS) is 15.5. The lowest BCUT2D eigenvalue weighted by Crippen LogP contribution is -2.51. The molecule has 0 bridgehead atoms. The number of pyridine rings is 1. The highest BCUT2D eigenvalue weighted by Gasteiger charge is 2.36. The molecule has 136 valence electrons. The first-order valence-corrected chi connectivity index (χ1v) is 8.84. The fourth-order valence-electron chi connectivity index (χ4n) is 3.23. The summed E-state index contributed by atoms with van der Waals surface area (Å²) in [6, 6.07) is 10.9. The lowest BCUT2D eigenvalue weighted by atomic mass is 9.98. The van der Waals surface area contributed by atoms with Crippen molar-refractivity contribution in [3.63, 3.8) is 0 Å². The van der Waals surface area contributed by atoms with Crippen molar-refractivity contribution in [2.24, 2.45) is 5.73 Å². The van der Waals surface area contributed by atoms with Crippen LogP contribution in [0.2, 0.25) is 0 Å². The first-order chi connectivity index (χ1) is 12.5. The number of benzene rings is 1. The summed E-state index contributed by atoms with van der Waals surface area (Å²) < 4.78 is 0. The molecule has 1 aliphatic carbocycles. The number of nitrogens with zero attached hydrogens (tertiary/aromatic N) is 2. The third-order valence-corrected chi connectivity index (χ3v) is 4.96. The van der Waals surface area contributed by atoms with Crippen LogP contribution in [0.3, 0.4) is 0 Å². The molecule has 3 rings (SSSR count). The topological polar surface area (TPSA) is 88.3 Å². The third kappa shape index (κ3) is 3.91. The number of aromatic nitrogens is 1. The maximum absolute atomic E-state index is 12.5. The highest BCUT2D eigenvalue weighted by molar-refractivity contribution is 6.05. The number of amides is 2. The van der Waals surface area contributed by atoms with Crippen LogP contribution in [-0.4, -0.2) is 29.4 Å². The molecule has 0 atom stereocenters. The van der Waals surface area contributed by atoms with E-state index >= 15 is 0 Å². The van der Waals surface area contributed by atoms with Crippen LogP contribution < -0.4 is 16.0 Å². The van der Waals surface area contributed by atoms with E-state index in [2.05, 4.69) is 10.3 Å². The zero-order valence-corrected chi connectivity index (χ0v) is 14.9. The molecule has 1 aromatic heterocycles. The molecule has 1 saturated carbocycles. The second-order valence-corrected chi connectivity index (χ2v) is 6.81. The van der Waals surface area contributed by atoms with Crippen LogP contribution in [0.15, 0.2) is 48.8 Å². The van der Waals surface area contributed by atoms with Gasteiger partial charge in [-0.25, -0.2) is 0 Å². The van der Waals surface area contributed by atoms with E-state index in [4.69, 9.17) is 5.73 Å². The molecule has 0 aliphatic heterocycles. The van der Waals surface area contributed by atoms with Gasteiger partial charge < -0.3 is 16.0 Å². The molecule has 0 unspecified atom stereocenters. The van der Waals surface area contributed by atoms with Crippen molar-refractivity contribution in [3.05, 3.63) is 59.9 Å². The Morgan fingerprint density at radius 3 is 2.35 bits per heavy atom. The number of carbonyl (C=O) groups is 2. The molecule has 1 aromatic carbocycles. The summed E-state index contributed by atoms with van der Waals surface area (Å²) in [6.45, 7) is 0.431. The van der Waals surface area contributed by atoms with E-state index in [0.717, 1.165) is 36.9 Å². The van der Waals surface area contributed by atoms with E-state index in [1.807, 2.05) is 24.3 Å². The smallest absolute Gasteiger partial charge is 0.258 e. The lowest BCUT2D eigenvalue weighted by Gasteiger charge is -2.22.